The van der Waals surface area contributed by atoms with E-state index in [4.69, 9.17) is 16.3 Å². The molecule has 1 saturated heterocycles. The van der Waals surface area contributed by atoms with Crippen LogP contribution in [0.25, 0.3) is 0 Å². The van der Waals surface area contributed by atoms with Crippen LogP contribution in [0.15, 0.2) is 12.3 Å². The summed E-state index contributed by atoms with van der Waals surface area (Å²) < 4.78 is 18.7. The third kappa shape index (κ3) is 2.79. The summed E-state index contributed by atoms with van der Waals surface area (Å²) in [7, 11) is 0. The summed E-state index contributed by atoms with van der Waals surface area (Å²) in [6, 6.07) is 1.11. The van der Waals surface area contributed by atoms with Crippen LogP contribution in [0.3, 0.4) is 0 Å². The number of carbonyl (C=O) groups excluding carboxylic acids is 1. The second-order valence-corrected chi connectivity index (χ2v) is 4.82. The minimum Gasteiger partial charge on any atom is -0.372 e. The molecule has 98 valence electrons. The molecule has 4 nitrogen and oxygen atoms in total. The first kappa shape index (κ1) is 13.2. The number of amides is 1. The van der Waals surface area contributed by atoms with Crippen LogP contribution in [0, 0.1) is 5.82 Å². The number of rotatable bonds is 1. The molecule has 1 fully saturated rings. The molecule has 1 aliphatic rings. The van der Waals surface area contributed by atoms with E-state index in [1.165, 1.54) is 0 Å². The van der Waals surface area contributed by atoms with Gasteiger partial charge in [0.15, 0.2) is 0 Å². The molecule has 0 saturated carbocycles. The van der Waals surface area contributed by atoms with Crippen molar-refractivity contribution in [3.05, 3.63) is 28.8 Å². The minimum atomic E-state index is -0.572. The zero-order valence-corrected chi connectivity index (χ0v) is 10.9. The van der Waals surface area contributed by atoms with E-state index in [1.54, 1.807) is 4.90 Å². The molecule has 0 bridgehead atoms. The second kappa shape index (κ2) is 5.20. The van der Waals surface area contributed by atoms with Gasteiger partial charge in [0.2, 0.25) is 0 Å². The summed E-state index contributed by atoms with van der Waals surface area (Å²) in [5.41, 5.74) is 0.0953. The van der Waals surface area contributed by atoms with Crippen LogP contribution in [0.1, 0.15) is 24.2 Å². The molecule has 0 aromatic carbocycles. The molecule has 2 heterocycles. The molecule has 6 heteroatoms. The highest BCUT2D eigenvalue weighted by Crippen LogP contribution is 2.19. The molecular formula is C12H14ClFN2O2. The highest BCUT2D eigenvalue weighted by Gasteiger charge is 2.28. The fraction of sp³-hybridized carbons (Fsp3) is 0.500. The van der Waals surface area contributed by atoms with Gasteiger partial charge in [-0.3, -0.25) is 4.79 Å². The maximum Gasteiger partial charge on any atom is 0.257 e. The summed E-state index contributed by atoms with van der Waals surface area (Å²) >= 11 is 5.83. The Labute approximate surface area is 110 Å². The molecular weight excluding hydrogens is 259 g/mol. The summed E-state index contributed by atoms with van der Waals surface area (Å²) in [4.78, 5) is 17.5. The van der Waals surface area contributed by atoms with Crippen LogP contribution >= 0.6 is 11.6 Å². The van der Waals surface area contributed by atoms with Gasteiger partial charge in [0.25, 0.3) is 5.91 Å². The van der Waals surface area contributed by atoms with Gasteiger partial charge in [-0.25, -0.2) is 9.37 Å². The number of carbonyl (C=O) groups is 1. The van der Waals surface area contributed by atoms with E-state index < -0.39 is 5.82 Å². The van der Waals surface area contributed by atoms with Crippen molar-refractivity contribution < 1.29 is 13.9 Å². The van der Waals surface area contributed by atoms with Gasteiger partial charge < -0.3 is 9.64 Å². The molecule has 0 radical (unpaired) electrons. The Morgan fingerprint density at radius 1 is 1.50 bits per heavy atom. The van der Waals surface area contributed by atoms with Crippen molar-refractivity contribution in [2.45, 2.75) is 26.1 Å². The van der Waals surface area contributed by atoms with Crippen LogP contribution in [-0.4, -0.2) is 41.1 Å². The molecule has 0 N–H and O–H groups in total. The predicted octanol–water partition coefficient (Wildman–Crippen LogP) is 2.12. The fourth-order valence-corrected chi connectivity index (χ4v) is 2.27. The highest BCUT2D eigenvalue weighted by molar-refractivity contribution is 6.32. The predicted molar refractivity (Wildman–Crippen MR) is 65.1 cm³/mol. The van der Waals surface area contributed by atoms with Crippen molar-refractivity contribution in [1.29, 1.82) is 0 Å². The van der Waals surface area contributed by atoms with E-state index >= 15 is 0 Å². The van der Waals surface area contributed by atoms with E-state index in [2.05, 4.69) is 4.98 Å². The molecule has 0 spiro atoms. The second-order valence-electron chi connectivity index (χ2n) is 4.46. The van der Waals surface area contributed by atoms with Crippen LogP contribution in [0.2, 0.25) is 5.15 Å². The van der Waals surface area contributed by atoms with E-state index in [0.29, 0.717) is 13.1 Å². The Balaban J connectivity index is 2.22. The largest absolute Gasteiger partial charge is 0.372 e. The van der Waals surface area contributed by atoms with Gasteiger partial charge in [-0.05, 0) is 19.9 Å². The molecule has 0 unspecified atom stereocenters. The molecule has 1 aromatic rings. The van der Waals surface area contributed by atoms with Crippen LogP contribution < -0.4 is 0 Å². The maximum atomic E-state index is 13.1. The summed E-state index contributed by atoms with van der Waals surface area (Å²) in [5.74, 6) is -0.883. The smallest absolute Gasteiger partial charge is 0.257 e. The number of morpholine rings is 1. The topological polar surface area (TPSA) is 42.4 Å². The first-order valence-corrected chi connectivity index (χ1v) is 6.11. The maximum absolute atomic E-state index is 13.1. The summed E-state index contributed by atoms with van der Waals surface area (Å²) in [6.07, 6.45) is 0.903. The monoisotopic (exact) mass is 272 g/mol. The Bertz CT molecular complexity index is 459. The molecule has 0 aliphatic carbocycles. The normalized spacial score (nSPS) is 24.1. The number of halogens is 2. The van der Waals surface area contributed by atoms with Gasteiger partial charge in [0.1, 0.15) is 11.0 Å². The van der Waals surface area contributed by atoms with Crippen molar-refractivity contribution >= 4 is 17.5 Å². The van der Waals surface area contributed by atoms with Crippen LogP contribution in [0.4, 0.5) is 4.39 Å². The number of ether oxygens (including phenoxy) is 1. The lowest BCUT2D eigenvalue weighted by molar-refractivity contribution is -0.0586. The Hall–Kier alpha value is -1.20. The van der Waals surface area contributed by atoms with Crippen molar-refractivity contribution in [3.8, 4) is 0 Å². The molecule has 2 rings (SSSR count). The minimum absolute atomic E-state index is 0.0215. The number of pyridine rings is 1. The lowest BCUT2D eigenvalue weighted by atomic mass is 10.2. The molecule has 1 aromatic heterocycles. The number of aromatic nitrogens is 1. The fourth-order valence-electron chi connectivity index (χ4n) is 2.09. The van der Waals surface area contributed by atoms with Gasteiger partial charge in [0, 0.05) is 13.1 Å². The third-order valence-electron chi connectivity index (χ3n) is 2.74. The molecule has 18 heavy (non-hydrogen) atoms. The van der Waals surface area contributed by atoms with Gasteiger partial charge in [-0.2, -0.15) is 0 Å². The Kier molecular flexibility index (Phi) is 3.82. The zero-order chi connectivity index (χ0) is 13.3. The molecule has 1 aliphatic heterocycles. The number of nitrogens with zero attached hydrogens (tertiary/aromatic N) is 2. The van der Waals surface area contributed by atoms with E-state index in [0.717, 1.165) is 12.3 Å². The standard InChI is InChI=1S/C12H14ClFN2O2/c1-7-5-16(6-8(2)18-7)12(17)10-3-9(14)4-15-11(10)13/h3-4,7-8H,5-6H2,1-2H3/t7-,8+. The van der Waals surface area contributed by atoms with Crippen LogP contribution in [-0.2, 0) is 4.74 Å². The summed E-state index contributed by atoms with van der Waals surface area (Å²) in [5, 5.41) is 0.0215. The molecule has 2 atom stereocenters. The van der Waals surface area contributed by atoms with Gasteiger partial charge in [0.05, 0.1) is 24.0 Å². The van der Waals surface area contributed by atoms with Gasteiger partial charge >= 0.3 is 0 Å². The number of hydrogen-bond acceptors (Lipinski definition) is 3. The lowest BCUT2D eigenvalue weighted by Crippen LogP contribution is -2.48. The first-order chi connectivity index (χ1) is 8.47. The van der Waals surface area contributed by atoms with Crippen molar-refractivity contribution in [3.63, 3.8) is 0 Å². The summed E-state index contributed by atoms with van der Waals surface area (Å²) in [6.45, 7) is 4.72. The van der Waals surface area contributed by atoms with E-state index in [-0.39, 0.29) is 28.8 Å². The molecule has 1 amide bonds. The van der Waals surface area contributed by atoms with Crippen molar-refractivity contribution in [2.75, 3.05) is 13.1 Å². The Morgan fingerprint density at radius 3 is 2.72 bits per heavy atom. The zero-order valence-electron chi connectivity index (χ0n) is 10.2. The Morgan fingerprint density at radius 2 is 2.11 bits per heavy atom. The lowest BCUT2D eigenvalue weighted by Gasteiger charge is -2.35. The highest BCUT2D eigenvalue weighted by atomic mass is 35.5. The van der Waals surface area contributed by atoms with Gasteiger partial charge in [-0.15, -0.1) is 0 Å². The van der Waals surface area contributed by atoms with Crippen molar-refractivity contribution in [1.82, 2.24) is 9.88 Å². The van der Waals surface area contributed by atoms with E-state index in [9.17, 15) is 9.18 Å². The van der Waals surface area contributed by atoms with Crippen LogP contribution in [0.5, 0.6) is 0 Å². The van der Waals surface area contributed by atoms with E-state index in [1.807, 2.05) is 13.8 Å². The number of hydrogen-bond donors (Lipinski definition) is 0. The average molecular weight is 273 g/mol. The average Bonchev–Trinajstić information content (AvgIpc) is 2.30. The van der Waals surface area contributed by atoms with Gasteiger partial charge in [-0.1, -0.05) is 11.6 Å². The SMILES string of the molecule is C[C@@H]1CN(C(=O)c2cc(F)cnc2Cl)C[C@H](C)O1. The van der Waals surface area contributed by atoms with Crippen molar-refractivity contribution in [2.24, 2.45) is 0 Å². The quantitative estimate of drug-likeness (QED) is 0.736. The first-order valence-electron chi connectivity index (χ1n) is 5.73. The third-order valence-corrected chi connectivity index (χ3v) is 3.04.